The highest BCUT2D eigenvalue weighted by Crippen LogP contribution is 2.56. The zero-order valence-electron chi connectivity index (χ0n) is 11.6. The van der Waals surface area contributed by atoms with E-state index in [0.717, 1.165) is 11.5 Å². The zero-order valence-corrected chi connectivity index (χ0v) is 11.6. The smallest absolute Gasteiger partial charge is 0.164 e. The molecule has 2 bridgehead atoms. The molecule has 0 saturated heterocycles. The Bertz CT molecular complexity index is 546. The second-order valence-corrected chi connectivity index (χ2v) is 6.47. The summed E-state index contributed by atoms with van der Waals surface area (Å²) < 4.78 is 5.74. The van der Waals surface area contributed by atoms with Crippen LogP contribution in [0.2, 0.25) is 0 Å². The molecule has 20 heavy (non-hydrogen) atoms. The molecule has 0 heterocycles. The molecule has 2 saturated carbocycles. The van der Waals surface area contributed by atoms with Crippen molar-refractivity contribution < 1.29 is 9.53 Å². The predicted molar refractivity (Wildman–Crippen MR) is 77.0 cm³/mol. The fraction of sp³-hybridized carbons (Fsp3) is 0.500. The van der Waals surface area contributed by atoms with Gasteiger partial charge in [-0.15, -0.1) is 0 Å². The highest BCUT2D eigenvalue weighted by atomic mass is 16.5. The van der Waals surface area contributed by atoms with Gasteiger partial charge in [0.15, 0.2) is 5.78 Å². The van der Waals surface area contributed by atoms with Crippen molar-refractivity contribution in [3.63, 3.8) is 0 Å². The van der Waals surface area contributed by atoms with E-state index in [1.807, 2.05) is 18.2 Å². The van der Waals surface area contributed by atoms with Crippen molar-refractivity contribution in [2.75, 3.05) is 6.61 Å². The SMILES string of the molecule is O=C1C(COCc2ccccc2)=CC2C3CCC(C3)C12. The first-order chi connectivity index (χ1) is 9.83. The van der Waals surface area contributed by atoms with Gasteiger partial charge < -0.3 is 4.74 Å². The van der Waals surface area contributed by atoms with Gasteiger partial charge in [-0.25, -0.2) is 0 Å². The fourth-order valence-electron chi connectivity index (χ4n) is 4.47. The van der Waals surface area contributed by atoms with E-state index in [2.05, 4.69) is 18.2 Å². The number of ether oxygens (including phenoxy) is 1. The predicted octanol–water partition coefficient (Wildman–Crippen LogP) is 3.37. The lowest BCUT2D eigenvalue weighted by molar-refractivity contribution is -0.121. The van der Waals surface area contributed by atoms with E-state index in [0.29, 0.717) is 36.8 Å². The van der Waals surface area contributed by atoms with Gasteiger partial charge in [0.05, 0.1) is 13.2 Å². The Balaban J connectivity index is 1.38. The molecule has 1 aromatic carbocycles. The molecular weight excluding hydrogens is 248 g/mol. The van der Waals surface area contributed by atoms with Crippen LogP contribution in [0.4, 0.5) is 0 Å². The Morgan fingerprint density at radius 1 is 1.05 bits per heavy atom. The molecular formula is C18H20O2. The minimum Gasteiger partial charge on any atom is -0.372 e. The van der Waals surface area contributed by atoms with Crippen LogP contribution in [0, 0.1) is 23.7 Å². The van der Waals surface area contributed by atoms with Crippen LogP contribution in [-0.4, -0.2) is 12.4 Å². The van der Waals surface area contributed by atoms with Crippen molar-refractivity contribution in [2.45, 2.75) is 25.9 Å². The quantitative estimate of drug-likeness (QED) is 0.837. The Hall–Kier alpha value is -1.41. The molecule has 104 valence electrons. The molecule has 2 nitrogen and oxygen atoms in total. The maximum absolute atomic E-state index is 12.5. The third kappa shape index (κ3) is 1.94. The Kier molecular flexibility index (Phi) is 2.99. The van der Waals surface area contributed by atoms with Gasteiger partial charge in [-0.05, 0) is 42.6 Å². The number of hydrogen-bond acceptors (Lipinski definition) is 2. The summed E-state index contributed by atoms with van der Waals surface area (Å²) in [5.41, 5.74) is 2.10. The van der Waals surface area contributed by atoms with E-state index in [1.165, 1.54) is 24.8 Å². The Labute approximate surface area is 119 Å². The molecule has 0 amide bonds. The monoisotopic (exact) mass is 268 g/mol. The average molecular weight is 268 g/mol. The standard InChI is InChI=1S/C18H20O2/c19-18-15(11-20-10-12-4-2-1-3-5-12)9-16-13-6-7-14(8-13)17(16)18/h1-5,9,13-14,16-17H,6-8,10-11H2. The van der Waals surface area contributed by atoms with E-state index in [4.69, 9.17) is 4.74 Å². The van der Waals surface area contributed by atoms with Crippen LogP contribution in [-0.2, 0) is 16.1 Å². The molecule has 1 aromatic rings. The summed E-state index contributed by atoms with van der Waals surface area (Å²) in [5, 5.41) is 0. The van der Waals surface area contributed by atoms with Gasteiger partial charge in [0.25, 0.3) is 0 Å². The number of benzene rings is 1. The first-order valence-electron chi connectivity index (χ1n) is 7.69. The molecule has 3 aliphatic carbocycles. The number of rotatable bonds is 4. The topological polar surface area (TPSA) is 26.3 Å². The Morgan fingerprint density at radius 2 is 1.85 bits per heavy atom. The lowest BCUT2D eigenvalue weighted by atomic mass is 9.81. The second kappa shape index (κ2) is 4.85. The molecule has 2 heteroatoms. The average Bonchev–Trinajstić information content (AvgIpc) is 3.14. The largest absolute Gasteiger partial charge is 0.372 e. The molecule has 3 aliphatic rings. The maximum Gasteiger partial charge on any atom is 0.164 e. The number of fused-ring (bicyclic) bond motifs is 5. The number of allylic oxidation sites excluding steroid dienone is 1. The van der Waals surface area contributed by atoms with Gasteiger partial charge in [0, 0.05) is 11.5 Å². The summed E-state index contributed by atoms with van der Waals surface area (Å²) in [5.74, 6) is 2.68. The fourth-order valence-corrected chi connectivity index (χ4v) is 4.47. The zero-order chi connectivity index (χ0) is 13.5. The van der Waals surface area contributed by atoms with Gasteiger partial charge in [-0.3, -0.25) is 4.79 Å². The second-order valence-electron chi connectivity index (χ2n) is 6.47. The number of hydrogen-bond donors (Lipinski definition) is 0. The van der Waals surface area contributed by atoms with Crippen LogP contribution in [0.15, 0.2) is 42.0 Å². The van der Waals surface area contributed by atoms with Gasteiger partial charge in [0.2, 0.25) is 0 Å². The first kappa shape index (κ1) is 12.3. The van der Waals surface area contributed by atoms with Crippen LogP contribution in [0.3, 0.4) is 0 Å². The van der Waals surface area contributed by atoms with E-state index < -0.39 is 0 Å². The summed E-state index contributed by atoms with van der Waals surface area (Å²) in [6.07, 6.45) is 6.12. The van der Waals surface area contributed by atoms with Crippen LogP contribution in [0.25, 0.3) is 0 Å². The molecule has 0 radical (unpaired) electrons. The molecule has 4 atom stereocenters. The molecule has 0 aromatic heterocycles. The third-order valence-electron chi connectivity index (χ3n) is 5.36. The summed E-state index contributed by atoms with van der Waals surface area (Å²) in [4.78, 5) is 12.5. The van der Waals surface area contributed by atoms with Crippen LogP contribution >= 0.6 is 0 Å². The van der Waals surface area contributed by atoms with Crippen molar-refractivity contribution in [1.82, 2.24) is 0 Å². The minimum atomic E-state index is 0.309. The normalized spacial score (nSPS) is 34.4. The van der Waals surface area contributed by atoms with Gasteiger partial charge in [-0.2, -0.15) is 0 Å². The summed E-state index contributed by atoms with van der Waals surface area (Å²) in [6.45, 7) is 1.08. The van der Waals surface area contributed by atoms with Crippen molar-refractivity contribution in [3.8, 4) is 0 Å². The first-order valence-corrected chi connectivity index (χ1v) is 7.69. The van der Waals surface area contributed by atoms with Crippen molar-refractivity contribution in [3.05, 3.63) is 47.5 Å². The maximum atomic E-state index is 12.5. The highest BCUT2D eigenvalue weighted by molar-refractivity contribution is 6.00. The molecule has 0 spiro atoms. The number of Topliss-reactive ketones (excluding diaryl/α,β-unsaturated/α-hetero) is 1. The molecule has 2 fully saturated rings. The minimum absolute atomic E-state index is 0.309. The molecule has 0 N–H and O–H groups in total. The summed E-state index contributed by atoms with van der Waals surface area (Å²) in [6, 6.07) is 10.1. The summed E-state index contributed by atoms with van der Waals surface area (Å²) in [7, 11) is 0. The number of carbonyl (C=O) groups is 1. The molecule has 4 rings (SSSR count). The van der Waals surface area contributed by atoms with E-state index in [1.54, 1.807) is 0 Å². The number of carbonyl (C=O) groups excluding carboxylic acids is 1. The van der Waals surface area contributed by atoms with Gasteiger partial charge >= 0.3 is 0 Å². The lowest BCUT2D eigenvalue weighted by Crippen LogP contribution is -2.24. The van der Waals surface area contributed by atoms with Gasteiger partial charge in [0.1, 0.15) is 0 Å². The van der Waals surface area contributed by atoms with E-state index in [-0.39, 0.29) is 0 Å². The van der Waals surface area contributed by atoms with Crippen molar-refractivity contribution in [2.24, 2.45) is 23.7 Å². The lowest BCUT2D eigenvalue weighted by Gasteiger charge is -2.22. The molecule has 4 unspecified atom stereocenters. The third-order valence-corrected chi connectivity index (χ3v) is 5.36. The van der Waals surface area contributed by atoms with E-state index >= 15 is 0 Å². The van der Waals surface area contributed by atoms with Crippen molar-refractivity contribution >= 4 is 5.78 Å². The van der Waals surface area contributed by atoms with Crippen LogP contribution in [0.5, 0.6) is 0 Å². The van der Waals surface area contributed by atoms with Crippen LogP contribution in [0.1, 0.15) is 24.8 Å². The number of ketones is 1. The van der Waals surface area contributed by atoms with Crippen molar-refractivity contribution in [1.29, 1.82) is 0 Å². The summed E-state index contributed by atoms with van der Waals surface area (Å²) >= 11 is 0. The van der Waals surface area contributed by atoms with Gasteiger partial charge in [-0.1, -0.05) is 36.4 Å². The van der Waals surface area contributed by atoms with E-state index in [9.17, 15) is 4.79 Å². The Morgan fingerprint density at radius 3 is 2.65 bits per heavy atom. The molecule has 0 aliphatic heterocycles. The highest BCUT2D eigenvalue weighted by Gasteiger charge is 2.53. The van der Waals surface area contributed by atoms with Crippen LogP contribution < -0.4 is 0 Å².